The average Bonchev–Trinajstić information content (AvgIpc) is 2.50. The predicted molar refractivity (Wildman–Crippen MR) is 96.9 cm³/mol. The van der Waals surface area contributed by atoms with Crippen molar-refractivity contribution in [1.29, 1.82) is 0 Å². The van der Waals surface area contributed by atoms with Crippen LogP contribution in [0.4, 0.5) is 5.69 Å². The molecule has 1 atom stereocenters. The first-order chi connectivity index (χ1) is 10.5. The standard InChI is InChI=1S/C17H27N3O2.ClH/c1-4-13(12(2)3)11-16(21)20-15-8-6-5-7-14(15)17(22)19-10-9-18;/h5-8,12-13H,4,9-11,18H2,1-3H3,(H,19,22)(H,20,21);1H. The van der Waals surface area contributed by atoms with Gasteiger partial charge in [0.05, 0.1) is 11.3 Å². The molecule has 1 unspecified atom stereocenters. The van der Waals surface area contributed by atoms with E-state index in [4.69, 9.17) is 5.73 Å². The summed E-state index contributed by atoms with van der Waals surface area (Å²) in [6, 6.07) is 7.01. The van der Waals surface area contributed by atoms with Gasteiger partial charge in [0.15, 0.2) is 0 Å². The highest BCUT2D eigenvalue weighted by atomic mass is 35.5. The minimum Gasteiger partial charge on any atom is -0.351 e. The molecule has 23 heavy (non-hydrogen) atoms. The van der Waals surface area contributed by atoms with Gasteiger partial charge in [-0.3, -0.25) is 9.59 Å². The van der Waals surface area contributed by atoms with Crippen LogP contribution in [-0.4, -0.2) is 24.9 Å². The van der Waals surface area contributed by atoms with Crippen LogP contribution in [0.2, 0.25) is 0 Å². The molecule has 4 N–H and O–H groups in total. The summed E-state index contributed by atoms with van der Waals surface area (Å²) in [5.74, 6) is 0.522. The summed E-state index contributed by atoms with van der Waals surface area (Å²) in [6.07, 6.45) is 1.43. The van der Waals surface area contributed by atoms with Crippen LogP contribution < -0.4 is 16.4 Å². The molecular formula is C17H28ClN3O2. The normalized spacial score (nSPS) is 11.5. The molecule has 0 bridgehead atoms. The Balaban J connectivity index is 0.00000484. The third-order valence-electron chi connectivity index (χ3n) is 3.79. The third kappa shape index (κ3) is 7.01. The Hall–Kier alpha value is -1.59. The Morgan fingerprint density at radius 2 is 1.87 bits per heavy atom. The van der Waals surface area contributed by atoms with E-state index in [-0.39, 0.29) is 24.2 Å². The second-order valence-corrected chi connectivity index (χ2v) is 5.75. The minimum absolute atomic E-state index is 0. The van der Waals surface area contributed by atoms with Crippen LogP contribution in [-0.2, 0) is 4.79 Å². The summed E-state index contributed by atoms with van der Waals surface area (Å²) in [6.45, 7) is 7.12. The van der Waals surface area contributed by atoms with Gasteiger partial charge < -0.3 is 16.4 Å². The first kappa shape index (κ1) is 21.4. The van der Waals surface area contributed by atoms with E-state index in [1.807, 2.05) is 0 Å². The molecule has 6 heteroatoms. The Labute approximate surface area is 144 Å². The number of benzene rings is 1. The highest BCUT2D eigenvalue weighted by Crippen LogP contribution is 2.21. The number of hydrogen-bond donors (Lipinski definition) is 3. The summed E-state index contributed by atoms with van der Waals surface area (Å²) < 4.78 is 0. The summed E-state index contributed by atoms with van der Waals surface area (Å²) in [5.41, 5.74) is 6.39. The van der Waals surface area contributed by atoms with Gasteiger partial charge in [-0.2, -0.15) is 0 Å². The number of carbonyl (C=O) groups is 2. The second-order valence-electron chi connectivity index (χ2n) is 5.75. The van der Waals surface area contributed by atoms with Crippen molar-refractivity contribution < 1.29 is 9.59 Å². The van der Waals surface area contributed by atoms with Gasteiger partial charge in [-0.15, -0.1) is 12.4 Å². The predicted octanol–water partition coefficient (Wildman–Crippen LogP) is 2.81. The molecule has 0 fully saturated rings. The lowest BCUT2D eigenvalue weighted by atomic mass is 9.90. The molecule has 0 aliphatic rings. The van der Waals surface area contributed by atoms with Crippen molar-refractivity contribution in [3.63, 3.8) is 0 Å². The average molecular weight is 342 g/mol. The maximum Gasteiger partial charge on any atom is 0.253 e. The molecule has 5 nitrogen and oxygen atoms in total. The zero-order valence-electron chi connectivity index (χ0n) is 14.1. The van der Waals surface area contributed by atoms with E-state index in [0.29, 0.717) is 42.6 Å². The minimum atomic E-state index is -0.225. The SMILES string of the molecule is CCC(CC(=O)Nc1ccccc1C(=O)NCCN)C(C)C.Cl. The summed E-state index contributed by atoms with van der Waals surface area (Å²) in [5, 5.41) is 5.57. The lowest BCUT2D eigenvalue weighted by Gasteiger charge is -2.19. The number of halogens is 1. The van der Waals surface area contributed by atoms with E-state index in [9.17, 15) is 9.59 Å². The Bertz CT molecular complexity index is 506. The quantitative estimate of drug-likeness (QED) is 0.679. The number of rotatable bonds is 8. The maximum absolute atomic E-state index is 12.2. The van der Waals surface area contributed by atoms with Crippen molar-refractivity contribution in [2.45, 2.75) is 33.6 Å². The molecule has 2 amide bonds. The maximum atomic E-state index is 12.2. The number of hydrogen-bond acceptors (Lipinski definition) is 3. The molecule has 0 aromatic heterocycles. The molecule has 0 saturated heterocycles. The lowest BCUT2D eigenvalue weighted by Crippen LogP contribution is -2.30. The van der Waals surface area contributed by atoms with Crippen molar-refractivity contribution in [2.75, 3.05) is 18.4 Å². The summed E-state index contributed by atoms with van der Waals surface area (Å²) in [7, 11) is 0. The van der Waals surface area contributed by atoms with Crippen LogP contribution in [0.1, 0.15) is 44.0 Å². The highest BCUT2D eigenvalue weighted by Gasteiger charge is 2.17. The van der Waals surface area contributed by atoms with E-state index in [1.165, 1.54) is 0 Å². The molecule has 0 aliphatic carbocycles. The van der Waals surface area contributed by atoms with Crippen LogP contribution >= 0.6 is 12.4 Å². The molecule has 0 heterocycles. The van der Waals surface area contributed by atoms with Gasteiger partial charge in [0.1, 0.15) is 0 Å². The highest BCUT2D eigenvalue weighted by molar-refractivity contribution is 6.03. The van der Waals surface area contributed by atoms with Crippen LogP contribution in [0.3, 0.4) is 0 Å². The van der Waals surface area contributed by atoms with Crippen molar-refractivity contribution >= 4 is 29.9 Å². The lowest BCUT2D eigenvalue weighted by molar-refractivity contribution is -0.117. The van der Waals surface area contributed by atoms with Gasteiger partial charge in [-0.1, -0.05) is 39.3 Å². The molecule has 1 aromatic carbocycles. The molecule has 0 spiro atoms. The second kappa shape index (κ2) is 11.0. The van der Waals surface area contributed by atoms with Crippen molar-refractivity contribution in [1.82, 2.24) is 5.32 Å². The number of nitrogens with two attached hydrogens (primary N) is 1. The number of carbonyl (C=O) groups excluding carboxylic acids is 2. The molecule has 0 aliphatic heterocycles. The molecule has 130 valence electrons. The number of amides is 2. The van der Waals surface area contributed by atoms with Gasteiger partial charge in [0, 0.05) is 19.5 Å². The summed E-state index contributed by atoms with van der Waals surface area (Å²) in [4.78, 5) is 24.3. The zero-order chi connectivity index (χ0) is 16.5. The van der Waals surface area contributed by atoms with Crippen LogP contribution in [0, 0.1) is 11.8 Å². The fraction of sp³-hybridized carbons (Fsp3) is 0.529. The smallest absolute Gasteiger partial charge is 0.253 e. The van der Waals surface area contributed by atoms with Crippen molar-refractivity contribution in [3.8, 4) is 0 Å². The van der Waals surface area contributed by atoms with Crippen LogP contribution in [0.25, 0.3) is 0 Å². The van der Waals surface area contributed by atoms with Gasteiger partial charge in [0.25, 0.3) is 5.91 Å². The Kier molecular flexibility index (Phi) is 10.3. The van der Waals surface area contributed by atoms with E-state index in [2.05, 4.69) is 31.4 Å². The molecule has 0 saturated carbocycles. The third-order valence-corrected chi connectivity index (χ3v) is 3.79. The Morgan fingerprint density at radius 1 is 1.22 bits per heavy atom. The number of nitrogens with one attached hydrogen (secondary N) is 2. The Morgan fingerprint density at radius 3 is 2.43 bits per heavy atom. The number of anilines is 1. The molecule has 0 radical (unpaired) electrons. The van der Waals surface area contributed by atoms with Gasteiger partial charge in [-0.25, -0.2) is 0 Å². The fourth-order valence-electron chi connectivity index (χ4n) is 2.36. The van der Waals surface area contributed by atoms with E-state index in [0.717, 1.165) is 6.42 Å². The van der Waals surface area contributed by atoms with Crippen LogP contribution in [0.15, 0.2) is 24.3 Å². The molecule has 1 rings (SSSR count). The first-order valence-electron chi connectivity index (χ1n) is 7.86. The zero-order valence-corrected chi connectivity index (χ0v) is 14.9. The number of para-hydroxylation sites is 1. The van der Waals surface area contributed by atoms with Crippen molar-refractivity contribution in [2.24, 2.45) is 17.6 Å². The molecule has 1 aromatic rings. The van der Waals surface area contributed by atoms with E-state index in [1.54, 1.807) is 24.3 Å². The fourth-order valence-corrected chi connectivity index (χ4v) is 2.36. The topological polar surface area (TPSA) is 84.2 Å². The van der Waals surface area contributed by atoms with Gasteiger partial charge in [0.2, 0.25) is 5.91 Å². The van der Waals surface area contributed by atoms with Gasteiger partial charge in [-0.05, 0) is 24.0 Å². The van der Waals surface area contributed by atoms with Gasteiger partial charge >= 0.3 is 0 Å². The first-order valence-corrected chi connectivity index (χ1v) is 7.86. The van der Waals surface area contributed by atoms with E-state index < -0.39 is 0 Å². The molecular weight excluding hydrogens is 314 g/mol. The van der Waals surface area contributed by atoms with Crippen LogP contribution in [0.5, 0.6) is 0 Å². The monoisotopic (exact) mass is 341 g/mol. The summed E-state index contributed by atoms with van der Waals surface area (Å²) >= 11 is 0. The largest absolute Gasteiger partial charge is 0.351 e. The van der Waals surface area contributed by atoms with Crippen molar-refractivity contribution in [3.05, 3.63) is 29.8 Å². The van der Waals surface area contributed by atoms with E-state index >= 15 is 0 Å².